The Labute approximate surface area is 98.7 Å². The maximum atomic E-state index is 11.7. The summed E-state index contributed by atoms with van der Waals surface area (Å²) in [4.78, 5) is 11.7. The molecule has 0 heterocycles. The predicted molar refractivity (Wildman–Crippen MR) is 67.3 cm³/mol. The summed E-state index contributed by atoms with van der Waals surface area (Å²) in [6, 6.07) is 4.76. The van der Waals surface area contributed by atoms with Crippen molar-refractivity contribution in [3.05, 3.63) is 53.1 Å². The average molecular weight is 235 g/mol. The van der Waals surface area contributed by atoms with Gasteiger partial charge in [-0.3, -0.25) is 4.79 Å². The molecule has 1 rings (SSSR count). The lowest BCUT2D eigenvalue weighted by atomic mass is 10.1. The molecule has 4 heteroatoms. The molecule has 0 aliphatic heterocycles. The van der Waals surface area contributed by atoms with Gasteiger partial charge < -0.3 is 11.1 Å². The summed E-state index contributed by atoms with van der Waals surface area (Å²) in [6.45, 7) is 0. The summed E-state index contributed by atoms with van der Waals surface area (Å²) < 4.78 is 0. The van der Waals surface area contributed by atoms with Crippen molar-refractivity contribution in [2.75, 3.05) is 5.73 Å². The standard InChI is InChI=1S/C12H11ClN2O/c13-9-5-6-11(15)10(8-9)12(16)4-2-1-3-7-14/h1-8,14H,15H2/b3-1-,4-2+,14-7?. The molecule has 0 aliphatic rings. The minimum atomic E-state index is -0.213. The highest BCUT2D eigenvalue weighted by molar-refractivity contribution is 6.31. The molecule has 0 radical (unpaired) electrons. The van der Waals surface area contributed by atoms with Crippen molar-refractivity contribution in [3.63, 3.8) is 0 Å². The molecule has 1 aromatic carbocycles. The van der Waals surface area contributed by atoms with Gasteiger partial charge >= 0.3 is 0 Å². The Kier molecular flexibility index (Phi) is 4.48. The van der Waals surface area contributed by atoms with E-state index in [-0.39, 0.29) is 5.78 Å². The molecule has 0 amide bonds. The first kappa shape index (κ1) is 12.2. The number of nitrogen functional groups attached to an aromatic ring is 1. The fraction of sp³-hybridized carbons (Fsp3) is 0. The minimum absolute atomic E-state index is 0.213. The fourth-order valence-electron chi connectivity index (χ4n) is 1.09. The number of hydrogen-bond donors (Lipinski definition) is 2. The molecule has 0 aliphatic carbocycles. The third kappa shape index (κ3) is 3.37. The lowest BCUT2D eigenvalue weighted by Crippen LogP contribution is -2.00. The number of carbonyl (C=O) groups excluding carboxylic acids is 1. The van der Waals surface area contributed by atoms with Crippen LogP contribution in [0.5, 0.6) is 0 Å². The van der Waals surface area contributed by atoms with E-state index in [1.54, 1.807) is 24.3 Å². The molecule has 0 saturated heterocycles. The van der Waals surface area contributed by atoms with E-state index in [2.05, 4.69) is 0 Å². The molecule has 16 heavy (non-hydrogen) atoms. The second kappa shape index (κ2) is 5.88. The van der Waals surface area contributed by atoms with E-state index in [1.807, 2.05) is 0 Å². The van der Waals surface area contributed by atoms with E-state index in [0.29, 0.717) is 16.3 Å². The van der Waals surface area contributed by atoms with E-state index >= 15 is 0 Å². The molecule has 82 valence electrons. The van der Waals surface area contributed by atoms with Crippen LogP contribution >= 0.6 is 11.6 Å². The lowest BCUT2D eigenvalue weighted by molar-refractivity contribution is 0.104. The molecular weight excluding hydrogens is 224 g/mol. The largest absolute Gasteiger partial charge is 0.398 e. The van der Waals surface area contributed by atoms with Crippen molar-refractivity contribution in [1.29, 1.82) is 5.41 Å². The van der Waals surface area contributed by atoms with Crippen LogP contribution in [-0.2, 0) is 0 Å². The molecular formula is C12H11ClN2O. The van der Waals surface area contributed by atoms with Gasteiger partial charge in [-0.15, -0.1) is 0 Å². The van der Waals surface area contributed by atoms with Crippen molar-refractivity contribution in [1.82, 2.24) is 0 Å². The normalized spacial score (nSPS) is 11.1. The van der Waals surface area contributed by atoms with E-state index in [9.17, 15) is 4.79 Å². The van der Waals surface area contributed by atoms with Crippen LogP contribution in [0, 0.1) is 5.41 Å². The first-order valence-electron chi connectivity index (χ1n) is 4.58. The monoisotopic (exact) mass is 234 g/mol. The lowest BCUT2D eigenvalue weighted by Gasteiger charge is -2.01. The Bertz CT molecular complexity index is 464. The topological polar surface area (TPSA) is 66.9 Å². The van der Waals surface area contributed by atoms with Crippen molar-refractivity contribution in [2.24, 2.45) is 0 Å². The number of allylic oxidation sites excluding steroid dienone is 4. The van der Waals surface area contributed by atoms with Gasteiger partial charge in [-0.25, -0.2) is 0 Å². The van der Waals surface area contributed by atoms with Crippen LogP contribution in [0.15, 0.2) is 42.5 Å². The van der Waals surface area contributed by atoms with Gasteiger partial charge in [0.05, 0.1) is 0 Å². The van der Waals surface area contributed by atoms with Gasteiger partial charge in [0.25, 0.3) is 0 Å². The third-order valence-electron chi connectivity index (χ3n) is 1.85. The highest BCUT2D eigenvalue weighted by Gasteiger charge is 2.06. The summed E-state index contributed by atoms with van der Waals surface area (Å²) in [5, 5.41) is 7.22. The number of rotatable bonds is 4. The Morgan fingerprint density at radius 3 is 2.75 bits per heavy atom. The third-order valence-corrected chi connectivity index (χ3v) is 2.08. The minimum Gasteiger partial charge on any atom is -0.398 e. The van der Waals surface area contributed by atoms with Crippen molar-refractivity contribution < 1.29 is 4.79 Å². The van der Waals surface area contributed by atoms with Gasteiger partial charge in [0, 0.05) is 22.5 Å². The molecule has 0 atom stereocenters. The molecule has 3 N–H and O–H groups in total. The number of benzene rings is 1. The molecule has 0 fully saturated rings. The number of halogens is 1. The summed E-state index contributed by atoms with van der Waals surface area (Å²) in [5.41, 5.74) is 6.43. The molecule has 3 nitrogen and oxygen atoms in total. The van der Waals surface area contributed by atoms with Crippen LogP contribution in [0.1, 0.15) is 10.4 Å². The van der Waals surface area contributed by atoms with Crippen LogP contribution < -0.4 is 5.73 Å². The Morgan fingerprint density at radius 2 is 2.06 bits per heavy atom. The molecule has 0 aromatic heterocycles. The van der Waals surface area contributed by atoms with Crippen molar-refractivity contribution >= 4 is 29.3 Å². The second-order valence-electron chi connectivity index (χ2n) is 3.01. The second-order valence-corrected chi connectivity index (χ2v) is 3.44. The van der Waals surface area contributed by atoms with Crippen molar-refractivity contribution in [3.8, 4) is 0 Å². The van der Waals surface area contributed by atoms with E-state index in [4.69, 9.17) is 22.7 Å². The van der Waals surface area contributed by atoms with Gasteiger partial charge in [-0.2, -0.15) is 0 Å². The van der Waals surface area contributed by atoms with Gasteiger partial charge in [0.1, 0.15) is 0 Å². The number of nitrogens with one attached hydrogen (secondary N) is 1. The first-order chi connectivity index (χ1) is 7.65. The number of hydrogen-bond acceptors (Lipinski definition) is 3. The molecule has 0 saturated carbocycles. The van der Waals surface area contributed by atoms with Gasteiger partial charge in [0.2, 0.25) is 0 Å². The molecule has 0 spiro atoms. The summed E-state index contributed by atoms with van der Waals surface area (Å²) in [5.74, 6) is -0.213. The maximum Gasteiger partial charge on any atom is 0.187 e. The van der Waals surface area contributed by atoms with Crippen LogP contribution in [-0.4, -0.2) is 12.0 Å². The highest BCUT2D eigenvalue weighted by atomic mass is 35.5. The maximum absolute atomic E-state index is 11.7. The van der Waals surface area contributed by atoms with Crippen molar-refractivity contribution in [2.45, 2.75) is 0 Å². The average Bonchev–Trinajstić information content (AvgIpc) is 2.27. The van der Waals surface area contributed by atoms with Crippen LogP contribution in [0.3, 0.4) is 0 Å². The van der Waals surface area contributed by atoms with Crippen LogP contribution in [0.4, 0.5) is 5.69 Å². The number of ketones is 1. The summed E-state index contributed by atoms with van der Waals surface area (Å²) in [6.07, 6.45) is 7.15. The summed E-state index contributed by atoms with van der Waals surface area (Å²) in [7, 11) is 0. The zero-order chi connectivity index (χ0) is 12.0. The first-order valence-corrected chi connectivity index (χ1v) is 4.96. The number of carbonyl (C=O) groups is 1. The molecule has 0 bridgehead atoms. The number of nitrogens with two attached hydrogens (primary N) is 1. The zero-order valence-corrected chi connectivity index (χ0v) is 9.24. The number of anilines is 1. The Balaban J connectivity index is 2.88. The van der Waals surface area contributed by atoms with Gasteiger partial charge in [0.15, 0.2) is 5.78 Å². The molecule has 1 aromatic rings. The fourth-order valence-corrected chi connectivity index (χ4v) is 1.27. The Morgan fingerprint density at radius 1 is 1.31 bits per heavy atom. The zero-order valence-electron chi connectivity index (χ0n) is 8.48. The SMILES string of the molecule is N=C/C=C\C=C\C(=O)c1cc(Cl)ccc1N. The Hall–Kier alpha value is -1.87. The van der Waals surface area contributed by atoms with E-state index < -0.39 is 0 Å². The summed E-state index contributed by atoms with van der Waals surface area (Å²) >= 11 is 5.77. The smallest absolute Gasteiger partial charge is 0.187 e. The van der Waals surface area contributed by atoms with Gasteiger partial charge in [-0.1, -0.05) is 23.8 Å². The van der Waals surface area contributed by atoms with Crippen LogP contribution in [0.2, 0.25) is 5.02 Å². The molecule has 0 unspecified atom stereocenters. The van der Waals surface area contributed by atoms with E-state index in [0.717, 1.165) is 6.21 Å². The highest BCUT2D eigenvalue weighted by Crippen LogP contribution is 2.18. The quantitative estimate of drug-likeness (QED) is 0.277. The van der Waals surface area contributed by atoms with Gasteiger partial charge in [-0.05, 0) is 30.4 Å². The predicted octanol–water partition coefficient (Wildman–Crippen LogP) is 2.87. The van der Waals surface area contributed by atoms with E-state index in [1.165, 1.54) is 18.2 Å². The van der Waals surface area contributed by atoms with Crippen LogP contribution in [0.25, 0.3) is 0 Å².